The lowest BCUT2D eigenvalue weighted by Crippen LogP contribution is -2.01. The monoisotopic (exact) mass is 357 g/mol. The summed E-state index contributed by atoms with van der Waals surface area (Å²) in [6.45, 7) is 0. The first-order valence-corrected chi connectivity index (χ1v) is 8.53. The van der Waals surface area contributed by atoms with Gasteiger partial charge in [-0.3, -0.25) is 9.67 Å². The van der Waals surface area contributed by atoms with Gasteiger partial charge in [0.25, 0.3) is 0 Å². The standard InChI is InChI=1S/C18H16ClN3OS/c1-23-14-8-6-13(7-9-14)22-17(20-21-18(22)24)16-10-15(16)11-2-4-12(19)5-3-11/h2-9,15-16H,10H2,1H3,(H,21,24)/t15-,16-/m0/s1. The largest absolute Gasteiger partial charge is 0.497 e. The molecular formula is C18H16ClN3OS. The van der Waals surface area contributed by atoms with Gasteiger partial charge in [0, 0.05) is 16.6 Å². The highest BCUT2D eigenvalue weighted by atomic mass is 35.5. The Morgan fingerprint density at radius 1 is 1.12 bits per heavy atom. The normalized spacial score (nSPS) is 19.2. The van der Waals surface area contributed by atoms with Gasteiger partial charge in [-0.1, -0.05) is 23.7 Å². The van der Waals surface area contributed by atoms with Crippen LogP contribution in [0.1, 0.15) is 29.6 Å². The van der Waals surface area contributed by atoms with Gasteiger partial charge in [-0.05, 0) is 66.5 Å². The maximum absolute atomic E-state index is 5.98. The predicted molar refractivity (Wildman–Crippen MR) is 96.9 cm³/mol. The molecule has 2 aromatic carbocycles. The average molecular weight is 358 g/mol. The van der Waals surface area contributed by atoms with Crippen molar-refractivity contribution in [1.29, 1.82) is 0 Å². The number of H-pyrrole nitrogens is 1. The highest BCUT2D eigenvalue weighted by Gasteiger charge is 2.43. The molecule has 122 valence electrons. The minimum atomic E-state index is 0.362. The predicted octanol–water partition coefficient (Wildman–Crippen LogP) is 4.86. The Bertz CT molecular complexity index is 915. The van der Waals surface area contributed by atoms with Gasteiger partial charge in [0.1, 0.15) is 11.6 Å². The van der Waals surface area contributed by atoms with Crippen LogP contribution in [0.15, 0.2) is 48.5 Å². The molecule has 0 unspecified atom stereocenters. The van der Waals surface area contributed by atoms with Crippen molar-refractivity contribution < 1.29 is 4.74 Å². The molecule has 6 heteroatoms. The van der Waals surface area contributed by atoms with E-state index < -0.39 is 0 Å². The Morgan fingerprint density at radius 2 is 1.83 bits per heavy atom. The van der Waals surface area contributed by atoms with E-state index in [9.17, 15) is 0 Å². The van der Waals surface area contributed by atoms with Crippen LogP contribution >= 0.6 is 23.8 Å². The number of halogens is 1. The number of aromatic amines is 1. The van der Waals surface area contributed by atoms with Crippen LogP contribution in [-0.4, -0.2) is 21.9 Å². The second-order valence-electron chi connectivity index (χ2n) is 5.92. The zero-order valence-electron chi connectivity index (χ0n) is 13.1. The van der Waals surface area contributed by atoms with E-state index in [-0.39, 0.29) is 0 Å². The van der Waals surface area contributed by atoms with Gasteiger partial charge in [0.2, 0.25) is 0 Å². The molecule has 3 aromatic rings. The zero-order valence-corrected chi connectivity index (χ0v) is 14.6. The van der Waals surface area contributed by atoms with Gasteiger partial charge in [-0.25, -0.2) is 0 Å². The molecule has 24 heavy (non-hydrogen) atoms. The molecule has 0 radical (unpaired) electrons. The van der Waals surface area contributed by atoms with Crippen molar-refractivity contribution in [3.8, 4) is 11.4 Å². The number of nitrogens with one attached hydrogen (secondary N) is 1. The minimum Gasteiger partial charge on any atom is -0.497 e. The SMILES string of the molecule is COc1ccc(-n2c([C@H]3C[C@H]3c3ccc(Cl)cc3)n[nH]c2=S)cc1. The molecule has 1 fully saturated rings. The van der Waals surface area contributed by atoms with Crippen molar-refractivity contribution in [1.82, 2.24) is 14.8 Å². The molecular weight excluding hydrogens is 342 g/mol. The first-order valence-electron chi connectivity index (χ1n) is 7.74. The summed E-state index contributed by atoms with van der Waals surface area (Å²) in [6.07, 6.45) is 1.07. The summed E-state index contributed by atoms with van der Waals surface area (Å²) in [6, 6.07) is 15.9. The first-order chi connectivity index (χ1) is 11.7. The number of hydrogen-bond donors (Lipinski definition) is 1. The van der Waals surface area contributed by atoms with Crippen molar-refractivity contribution in [3.05, 3.63) is 69.7 Å². The maximum Gasteiger partial charge on any atom is 0.199 e. The fourth-order valence-corrected chi connectivity index (χ4v) is 3.47. The molecule has 4 nitrogen and oxygen atoms in total. The highest BCUT2D eigenvalue weighted by Crippen LogP contribution is 2.54. The summed E-state index contributed by atoms with van der Waals surface area (Å²) in [7, 11) is 1.66. The topological polar surface area (TPSA) is 42.8 Å². The minimum absolute atomic E-state index is 0.362. The van der Waals surface area contributed by atoms with Crippen LogP contribution in [0.3, 0.4) is 0 Å². The smallest absolute Gasteiger partial charge is 0.199 e. The van der Waals surface area contributed by atoms with Crippen molar-refractivity contribution >= 4 is 23.8 Å². The van der Waals surface area contributed by atoms with E-state index in [4.69, 9.17) is 28.6 Å². The summed E-state index contributed by atoms with van der Waals surface area (Å²) in [5, 5.41) is 8.17. The number of aromatic nitrogens is 3. The van der Waals surface area contributed by atoms with Gasteiger partial charge < -0.3 is 4.74 Å². The van der Waals surface area contributed by atoms with Gasteiger partial charge in [-0.2, -0.15) is 5.10 Å². The molecule has 0 bridgehead atoms. The third kappa shape index (κ3) is 2.74. The highest BCUT2D eigenvalue weighted by molar-refractivity contribution is 7.71. The molecule has 2 atom stereocenters. The summed E-state index contributed by atoms with van der Waals surface area (Å²) in [5.41, 5.74) is 2.28. The van der Waals surface area contributed by atoms with E-state index in [2.05, 4.69) is 22.3 Å². The Kier molecular flexibility index (Phi) is 3.90. The van der Waals surface area contributed by atoms with E-state index in [0.717, 1.165) is 28.7 Å². The van der Waals surface area contributed by atoms with Crippen LogP contribution in [0, 0.1) is 4.77 Å². The van der Waals surface area contributed by atoms with E-state index in [1.54, 1.807) is 7.11 Å². The maximum atomic E-state index is 5.98. The van der Waals surface area contributed by atoms with Gasteiger partial charge in [0.15, 0.2) is 4.77 Å². The number of hydrogen-bond acceptors (Lipinski definition) is 3. The third-order valence-corrected chi connectivity index (χ3v) is 4.97. The molecule has 4 rings (SSSR count). The Morgan fingerprint density at radius 3 is 2.50 bits per heavy atom. The molecule has 1 N–H and O–H groups in total. The van der Waals surface area contributed by atoms with Gasteiger partial charge in [0.05, 0.1) is 7.11 Å². The van der Waals surface area contributed by atoms with E-state index in [1.165, 1.54) is 5.56 Å². The number of ether oxygens (including phenoxy) is 1. The third-order valence-electron chi connectivity index (χ3n) is 4.45. The van der Waals surface area contributed by atoms with Gasteiger partial charge in [-0.15, -0.1) is 0 Å². The molecule has 0 spiro atoms. The molecule has 1 heterocycles. The van der Waals surface area contributed by atoms with E-state index >= 15 is 0 Å². The second kappa shape index (κ2) is 6.07. The van der Waals surface area contributed by atoms with Crippen molar-refractivity contribution in [2.24, 2.45) is 0 Å². The number of rotatable bonds is 4. The van der Waals surface area contributed by atoms with Gasteiger partial charge >= 0.3 is 0 Å². The molecule has 1 aliphatic rings. The quantitative estimate of drug-likeness (QED) is 0.678. The number of methoxy groups -OCH3 is 1. The zero-order chi connectivity index (χ0) is 16.7. The van der Waals surface area contributed by atoms with Crippen LogP contribution in [0.4, 0.5) is 0 Å². The average Bonchev–Trinajstić information content (AvgIpc) is 3.31. The molecule has 0 saturated heterocycles. The van der Waals surface area contributed by atoms with Crippen LogP contribution < -0.4 is 4.74 Å². The lowest BCUT2D eigenvalue weighted by atomic mass is 10.1. The Labute approximate surface area is 150 Å². The van der Waals surface area contributed by atoms with Crippen LogP contribution in [-0.2, 0) is 0 Å². The number of benzene rings is 2. The summed E-state index contributed by atoms with van der Waals surface area (Å²) >= 11 is 11.4. The fraction of sp³-hybridized carbons (Fsp3) is 0.222. The number of nitrogens with zero attached hydrogens (tertiary/aromatic N) is 2. The Balaban J connectivity index is 1.66. The summed E-state index contributed by atoms with van der Waals surface area (Å²) in [4.78, 5) is 0. The Hall–Kier alpha value is -2.11. The first kappa shape index (κ1) is 15.4. The second-order valence-corrected chi connectivity index (χ2v) is 6.74. The molecule has 1 aromatic heterocycles. The molecule has 1 aliphatic carbocycles. The lowest BCUT2D eigenvalue weighted by molar-refractivity contribution is 0.414. The van der Waals surface area contributed by atoms with Crippen LogP contribution in [0.25, 0.3) is 5.69 Å². The van der Waals surface area contributed by atoms with Crippen LogP contribution in [0.2, 0.25) is 5.02 Å². The van der Waals surface area contributed by atoms with Crippen LogP contribution in [0.5, 0.6) is 5.75 Å². The molecule has 0 amide bonds. The summed E-state index contributed by atoms with van der Waals surface area (Å²) in [5.74, 6) is 2.62. The van der Waals surface area contributed by atoms with E-state index in [1.807, 2.05) is 41.0 Å². The summed E-state index contributed by atoms with van der Waals surface area (Å²) < 4.78 is 7.84. The molecule has 0 aliphatic heterocycles. The van der Waals surface area contributed by atoms with E-state index in [0.29, 0.717) is 16.6 Å². The van der Waals surface area contributed by atoms with Crippen molar-refractivity contribution in [3.63, 3.8) is 0 Å². The van der Waals surface area contributed by atoms with Crippen molar-refractivity contribution in [2.75, 3.05) is 7.11 Å². The van der Waals surface area contributed by atoms with Crippen molar-refractivity contribution in [2.45, 2.75) is 18.3 Å². The molecule has 1 saturated carbocycles. The lowest BCUT2D eigenvalue weighted by Gasteiger charge is -2.08. The fourth-order valence-electron chi connectivity index (χ4n) is 3.10.